The maximum atomic E-state index is 10.3. The zero-order chi connectivity index (χ0) is 22.6. The molecule has 1 N–H and O–H groups in total. The molecule has 0 amide bonds. The first-order valence-corrected chi connectivity index (χ1v) is 9.12. The van der Waals surface area contributed by atoms with Gasteiger partial charge in [0.2, 0.25) is 0 Å². The molecule has 0 aliphatic heterocycles. The maximum Gasteiger partial charge on any atom is 1.00 e. The minimum absolute atomic E-state index is 0. The standard InChI is InChI=1S/C5H9BrO.C5H9N3O.C4H7N3O2.N3.Na/c1-5(7)3-2-4-6;1-5(9)3-2-4-7-8-6;5-7-6-3-1-2-4(8)9;1-3-2;/h2-4H2,1H3;2-4H2,1H3;1-3H2,(H,8,9);;/q;;;-1;+1. The van der Waals surface area contributed by atoms with Crippen molar-refractivity contribution >= 4 is 33.5 Å². The van der Waals surface area contributed by atoms with Gasteiger partial charge in [-0.25, -0.2) is 0 Å². The number of carbonyl (C=O) groups is 3. The molecule has 15 heteroatoms. The Kier molecular flexibility index (Phi) is 48.4. The second kappa shape index (κ2) is 37.0. The number of Topliss-reactive ketones (excluding diaryl/α,β-unsaturated/α-hetero) is 2. The summed E-state index contributed by atoms with van der Waals surface area (Å²) in [5.74, 6) is -0.439. The van der Waals surface area contributed by atoms with E-state index >= 15 is 0 Å². The first-order valence-electron chi connectivity index (χ1n) is 8.00. The SMILES string of the molecule is CC(=O)CCCBr.CC(=O)CCCN=[N+]=[N-].[N-]=[N+]=NCCCC(=O)O.[N-]=[N+]=[N-].[Na+]. The van der Waals surface area contributed by atoms with Gasteiger partial charge in [-0.2, -0.15) is 0 Å². The average Bonchev–Trinajstić information content (AvgIpc) is 2.62. The summed E-state index contributed by atoms with van der Waals surface area (Å²) in [6.07, 6.45) is 3.34. The molecule has 0 bridgehead atoms. The number of ketones is 2. The predicted octanol–water partition coefficient (Wildman–Crippen LogP) is 2.45. The van der Waals surface area contributed by atoms with E-state index in [1.165, 1.54) is 11.8 Å². The zero-order valence-electron chi connectivity index (χ0n) is 16.9. The third-order valence-electron chi connectivity index (χ3n) is 2.22. The fourth-order valence-corrected chi connectivity index (χ4v) is 1.39. The summed E-state index contributed by atoms with van der Waals surface area (Å²) < 4.78 is 0. The van der Waals surface area contributed by atoms with Crippen molar-refractivity contribution in [2.75, 3.05) is 18.4 Å². The van der Waals surface area contributed by atoms with Crippen LogP contribution >= 0.6 is 15.9 Å². The van der Waals surface area contributed by atoms with E-state index < -0.39 is 5.97 Å². The summed E-state index contributed by atoms with van der Waals surface area (Å²) >= 11 is 3.23. The number of azide groups is 2. The van der Waals surface area contributed by atoms with Crippen molar-refractivity contribution < 1.29 is 49.0 Å². The van der Waals surface area contributed by atoms with Gasteiger partial charge in [0.15, 0.2) is 0 Å². The number of alkyl halides is 1. The van der Waals surface area contributed by atoms with E-state index in [0.29, 0.717) is 32.2 Å². The van der Waals surface area contributed by atoms with Crippen LogP contribution < -0.4 is 29.6 Å². The van der Waals surface area contributed by atoms with Crippen molar-refractivity contribution in [2.24, 2.45) is 10.2 Å². The zero-order valence-corrected chi connectivity index (χ0v) is 20.5. The Hall–Kier alpha value is -1.78. The van der Waals surface area contributed by atoms with E-state index in [2.05, 4.69) is 36.0 Å². The van der Waals surface area contributed by atoms with Crippen molar-refractivity contribution in [3.8, 4) is 0 Å². The number of carboxylic acids is 1. The molecule has 0 aromatic heterocycles. The normalized spacial score (nSPS) is 7.41. The number of hydrogen-bond acceptors (Lipinski definition) is 5. The molecule has 158 valence electrons. The Morgan fingerprint density at radius 1 is 0.828 bits per heavy atom. The summed E-state index contributed by atoms with van der Waals surface area (Å²) in [6, 6.07) is 0. The minimum Gasteiger partial charge on any atom is -0.481 e. The topological polar surface area (TPSA) is 228 Å². The average molecular weight is 486 g/mol. The summed E-state index contributed by atoms with van der Waals surface area (Å²) in [6.45, 7) is 3.83. The second-order valence-corrected chi connectivity index (χ2v) is 5.59. The Labute approximate surface area is 199 Å². The monoisotopic (exact) mass is 485 g/mol. The number of carbonyl (C=O) groups excluding carboxylic acids is 2. The quantitative estimate of drug-likeness (QED) is 0.116. The molecule has 0 radical (unpaired) electrons. The molecular weight excluding hydrogens is 461 g/mol. The maximum absolute atomic E-state index is 10.3. The van der Waals surface area contributed by atoms with Crippen molar-refractivity contribution in [3.05, 3.63) is 36.9 Å². The van der Waals surface area contributed by atoms with Crippen LogP contribution in [0.1, 0.15) is 52.4 Å². The number of rotatable bonds is 11. The molecule has 0 saturated heterocycles. The van der Waals surface area contributed by atoms with Gasteiger partial charge in [0, 0.05) is 47.5 Å². The Balaban J connectivity index is -0.0000000920. The van der Waals surface area contributed by atoms with Gasteiger partial charge in [0.1, 0.15) is 11.6 Å². The first kappa shape index (κ1) is 37.9. The third kappa shape index (κ3) is 76.1. The summed E-state index contributed by atoms with van der Waals surface area (Å²) in [4.78, 5) is 36.8. The number of halogens is 1. The van der Waals surface area contributed by atoms with Crippen molar-refractivity contribution in [1.29, 1.82) is 0 Å². The molecule has 0 atom stereocenters. The molecule has 0 aliphatic carbocycles. The van der Waals surface area contributed by atoms with Crippen LogP contribution in [-0.4, -0.2) is 41.1 Å². The Bertz CT molecular complexity index is 521. The number of hydrogen-bond donors (Lipinski definition) is 1. The first-order chi connectivity index (χ1) is 13.2. The van der Waals surface area contributed by atoms with Crippen LogP contribution in [0, 0.1) is 0 Å². The Morgan fingerprint density at radius 3 is 1.41 bits per heavy atom. The van der Waals surface area contributed by atoms with Crippen LogP contribution in [0.2, 0.25) is 0 Å². The van der Waals surface area contributed by atoms with Gasteiger partial charge in [0.05, 0.1) is 0 Å². The number of aliphatic carboxylic acids is 1. The van der Waals surface area contributed by atoms with Gasteiger partial charge in [0.25, 0.3) is 0 Å². The van der Waals surface area contributed by atoms with E-state index in [-0.39, 0.29) is 54.1 Å². The number of nitrogens with zero attached hydrogens (tertiary/aromatic N) is 9. The summed E-state index contributed by atoms with van der Waals surface area (Å²) in [5.41, 5.74) is 29.0. The van der Waals surface area contributed by atoms with Crippen LogP contribution in [0.4, 0.5) is 0 Å². The minimum atomic E-state index is -0.858. The molecule has 0 saturated carbocycles. The van der Waals surface area contributed by atoms with Crippen molar-refractivity contribution in [1.82, 2.24) is 0 Å². The smallest absolute Gasteiger partial charge is 0.481 e. The van der Waals surface area contributed by atoms with Crippen LogP contribution in [0.5, 0.6) is 0 Å². The predicted molar refractivity (Wildman–Crippen MR) is 109 cm³/mol. The molecule has 0 fully saturated rings. The Morgan fingerprint density at radius 2 is 1.17 bits per heavy atom. The van der Waals surface area contributed by atoms with E-state index in [1.54, 1.807) is 6.92 Å². The largest absolute Gasteiger partial charge is 1.00 e. The van der Waals surface area contributed by atoms with Gasteiger partial charge < -0.3 is 25.8 Å². The molecule has 0 aromatic carbocycles. The second-order valence-electron chi connectivity index (χ2n) is 4.80. The molecular formula is C14H25BrN9NaO4. The van der Waals surface area contributed by atoms with Crippen molar-refractivity contribution in [3.63, 3.8) is 0 Å². The van der Waals surface area contributed by atoms with Crippen LogP contribution in [0.15, 0.2) is 10.2 Å². The van der Waals surface area contributed by atoms with E-state index in [0.717, 1.165) is 11.8 Å². The van der Waals surface area contributed by atoms with E-state index in [9.17, 15) is 14.4 Å². The fourth-order valence-electron chi connectivity index (χ4n) is 1.10. The van der Waals surface area contributed by atoms with Gasteiger partial charge in [-0.1, -0.05) is 26.2 Å². The van der Waals surface area contributed by atoms with Crippen LogP contribution in [0.25, 0.3) is 36.9 Å². The molecule has 13 nitrogen and oxygen atoms in total. The van der Waals surface area contributed by atoms with E-state index in [1.807, 2.05) is 0 Å². The molecule has 0 heterocycles. The number of carboxylic acid groups (broad SMARTS) is 1. The molecule has 0 aliphatic rings. The third-order valence-corrected chi connectivity index (χ3v) is 2.79. The molecule has 0 unspecified atom stereocenters. The van der Waals surface area contributed by atoms with Gasteiger partial charge in [-0.05, 0) is 44.2 Å². The van der Waals surface area contributed by atoms with Gasteiger partial charge >= 0.3 is 35.5 Å². The van der Waals surface area contributed by atoms with E-state index in [4.69, 9.17) is 27.2 Å². The summed E-state index contributed by atoms with van der Waals surface area (Å²) in [5, 5.41) is 15.4. The molecule has 29 heavy (non-hydrogen) atoms. The van der Waals surface area contributed by atoms with Crippen LogP contribution in [-0.2, 0) is 14.4 Å². The molecule has 0 aromatic rings. The fraction of sp³-hybridized carbons (Fsp3) is 0.786. The molecule has 0 spiro atoms. The van der Waals surface area contributed by atoms with Crippen LogP contribution in [0.3, 0.4) is 0 Å². The summed E-state index contributed by atoms with van der Waals surface area (Å²) in [7, 11) is 0. The van der Waals surface area contributed by atoms with Crippen molar-refractivity contribution in [2.45, 2.75) is 52.4 Å². The van der Waals surface area contributed by atoms with Gasteiger partial charge in [-0.15, -0.1) is 0 Å². The van der Waals surface area contributed by atoms with Gasteiger partial charge in [-0.3, -0.25) is 9.71 Å². The molecule has 0 rings (SSSR count).